The van der Waals surface area contributed by atoms with Crippen molar-refractivity contribution in [3.63, 3.8) is 0 Å². The van der Waals surface area contributed by atoms with E-state index in [1.165, 1.54) is 0 Å². The van der Waals surface area contributed by atoms with E-state index in [1.807, 2.05) is 39.0 Å². The van der Waals surface area contributed by atoms with Crippen LogP contribution in [-0.4, -0.2) is 25.1 Å². The van der Waals surface area contributed by atoms with Gasteiger partial charge in [-0.1, -0.05) is 24.3 Å². The van der Waals surface area contributed by atoms with E-state index in [0.717, 1.165) is 11.1 Å². The number of hydrogen-bond donors (Lipinski definition) is 1. The summed E-state index contributed by atoms with van der Waals surface area (Å²) in [5.74, 6) is -0.527. The van der Waals surface area contributed by atoms with Crippen molar-refractivity contribution < 1.29 is 19.1 Å². The average molecular weight is 327 g/mol. The summed E-state index contributed by atoms with van der Waals surface area (Å²) in [5.41, 5.74) is 3.08. The van der Waals surface area contributed by atoms with Crippen LogP contribution in [0.4, 0.5) is 5.69 Å². The standard InChI is InChI=1S/C19H21NO4/c1-4-23-17-11-6-5-9-15(17)19(22)24-12-18(21)20-16-10-7-8-13(2)14(16)3/h5-11H,4,12H2,1-3H3,(H,20,21). The van der Waals surface area contributed by atoms with Crippen LogP contribution in [0.3, 0.4) is 0 Å². The highest BCUT2D eigenvalue weighted by Gasteiger charge is 2.15. The van der Waals surface area contributed by atoms with Gasteiger partial charge in [0.25, 0.3) is 5.91 Å². The van der Waals surface area contributed by atoms with Gasteiger partial charge in [-0.2, -0.15) is 0 Å². The Bertz CT molecular complexity index is 740. The molecule has 2 aromatic rings. The number of hydrogen-bond acceptors (Lipinski definition) is 4. The fourth-order valence-electron chi connectivity index (χ4n) is 2.20. The molecule has 1 amide bonds. The second-order valence-electron chi connectivity index (χ2n) is 5.30. The molecule has 0 fully saturated rings. The smallest absolute Gasteiger partial charge is 0.342 e. The minimum absolute atomic E-state index is 0.305. The molecule has 5 nitrogen and oxygen atoms in total. The van der Waals surface area contributed by atoms with Gasteiger partial charge in [0.1, 0.15) is 11.3 Å². The first-order chi connectivity index (χ1) is 11.5. The van der Waals surface area contributed by atoms with Crippen molar-refractivity contribution in [3.8, 4) is 5.75 Å². The molecule has 0 unspecified atom stereocenters. The largest absolute Gasteiger partial charge is 0.493 e. The van der Waals surface area contributed by atoms with Gasteiger partial charge >= 0.3 is 5.97 Å². The lowest BCUT2D eigenvalue weighted by atomic mass is 10.1. The summed E-state index contributed by atoms with van der Waals surface area (Å²) >= 11 is 0. The molecule has 0 spiro atoms. The van der Waals surface area contributed by atoms with Crippen LogP contribution in [-0.2, 0) is 9.53 Å². The highest BCUT2D eigenvalue weighted by molar-refractivity contribution is 5.97. The van der Waals surface area contributed by atoms with Crippen molar-refractivity contribution in [2.45, 2.75) is 20.8 Å². The molecule has 0 saturated heterocycles. The minimum atomic E-state index is -0.588. The van der Waals surface area contributed by atoms with E-state index in [2.05, 4.69) is 5.32 Å². The molecule has 0 aliphatic heterocycles. The quantitative estimate of drug-likeness (QED) is 0.825. The number of carbonyl (C=O) groups is 2. The fourth-order valence-corrected chi connectivity index (χ4v) is 2.20. The van der Waals surface area contributed by atoms with Gasteiger partial charge in [-0.05, 0) is 50.1 Å². The zero-order chi connectivity index (χ0) is 17.5. The molecule has 0 aliphatic rings. The number of nitrogens with one attached hydrogen (secondary N) is 1. The maximum absolute atomic E-state index is 12.1. The van der Waals surface area contributed by atoms with Crippen LogP contribution in [0, 0.1) is 13.8 Å². The summed E-state index contributed by atoms with van der Waals surface area (Å²) in [7, 11) is 0. The lowest BCUT2D eigenvalue weighted by Crippen LogP contribution is -2.21. The first kappa shape index (κ1) is 17.5. The molecule has 0 aliphatic carbocycles. The highest BCUT2D eigenvalue weighted by Crippen LogP contribution is 2.20. The second kappa shape index (κ2) is 8.15. The Morgan fingerprint density at radius 2 is 1.79 bits per heavy atom. The van der Waals surface area contributed by atoms with Crippen LogP contribution in [0.2, 0.25) is 0 Å². The molecule has 2 rings (SSSR count). The van der Waals surface area contributed by atoms with Crippen LogP contribution in [0.1, 0.15) is 28.4 Å². The molecule has 1 N–H and O–H groups in total. The Morgan fingerprint density at radius 3 is 2.54 bits per heavy atom. The lowest BCUT2D eigenvalue weighted by Gasteiger charge is -2.12. The van der Waals surface area contributed by atoms with Gasteiger partial charge in [-0.25, -0.2) is 4.79 Å². The number of anilines is 1. The Kier molecular flexibility index (Phi) is 5.95. The number of carbonyl (C=O) groups excluding carboxylic acids is 2. The first-order valence-electron chi connectivity index (χ1n) is 7.78. The molecule has 0 radical (unpaired) electrons. The topological polar surface area (TPSA) is 64.6 Å². The van der Waals surface area contributed by atoms with Gasteiger partial charge in [-0.3, -0.25) is 4.79 Å². The van der Waals surface area contributed by atoms with Gasteiger partial charge in [0.05, 0.1) is 6.61 Å². The molecule has 0 bridgehead atoms. The number of aryl methyl sites for hydroxylation is 1. The predicted octanol–water partition coefficient (Wildman–Crippen LogP) is 3.50. The first-order valence-corrected chi connectivity index (χ1v) is 7.78. The van der Waals surface area contributed by atoms with Crippen molar-refractivity contribution in [1.29, 1.82) is 0 Å². The number of para-hydroxylation sites is 1. The van der Waals surface area contributed by atoms with E-state index < -0.39 is 5.97 Å². The number of esters is 1. The van der Waals surface area contributed by atoms with E-state index in [0.29, 0.717) is 23.6 Å². The molecule has 0 aromatic heterocycles. The van der Waals surface area contributed by atoms with Gasteiger partial charge in [-0.15, -0.1) is 0 Å². The van der Waals surface area contributed by atoms with Crippen molar-refractivity contribution in [3.05, 3.63) is 59.2 Å². The van der Waals surface area contributed by atoms with Gasteiger partial charge in [0.15, 0.2) is 6.61 Å². The Labute approximate surface area is 141 Å². The lowest BCUT2D eigenvalue weighted by molar-refractivity contribution is -0.119. The number of rotatable bonds is 6. The zero-order valence-corrected chi connectivity index (χ0v) is 14.1. The van der Waals surface area contributed by atoms with Crippen molar-refractivity contribution in [1.82, 2.24) is 0 Å². The zero-order valence-electron chi connectivity index (χ0n) is 14.1. The molecule has 126 valence electrons. The summed E-state index contributed by atoms with van der Waals surface area (Å²) in [6, 6.07) is 12.4. The molecule has 0 atom stereocenters. The molecular weight excluding hydrogens is 306 g/mol. The monoisotopic (exact) mass is 327 g/mol. The normalized spacial score (nSPS) is 10.1. The third kappa shape index (κ3) is 4.35. The summed E-state index contributed by atoms with van der Waals surface area (Å²) in [4.78, 5) is 24.1. The van der Waals surface area contributed by atoms with Crippen molar-refractivity contribution >= 4 is 17.6 Å². The third-order valence-corrected chi connectivity index (χ3v) is 3.62. The van der Waals surface area contributed by atoms with Gasteiger partial charge < -0.3 is 14.8 Å². The molecule has 5 heteroatoms. The Morgan fingerprint density at radius 1 is 1.04 bits per heavy atom. The average Bonchev–Trinajstić information content (AvgIpc) is 2.58. The van der Waals surface area contributed by atoms with Crippen LogP contribution in [0.5, 0.6) is 5.75 Å². The van der Waals surface area contributed by atoms with Crippen molar-refractivity contribution in [2.75, 3.05) is 18.5 Å². The van der Waals surface area contributed by atoms with Crippen LogP contribution in [0.15, 0.2) is 42.5 Å². The second-order valence-corrected chi connectivity index (χ2v) is 5.30. The number of ether oxygens (including phenoxy) is 2. The number of amides is 1. The highest BCUT2D eigenvalue weighted by atomic mass is 16.5. The molecule has 2 aromatic carbocycles. The summed E-state index contributed by atoms with van der Waals surface area (Å²) in [6.07, 6.45) is 0. The van der Waals surface area contributed by atoms with E-state index in [1.54, 1.807) is 24.3 Å². The van der Waals surface area contributed by atoms with E-state index in [9.17, 15) is 9.59 Å². The molecule has 24 heavy (non-hydrogen) atoms. The van der Waals surface area contributed by atoms with E-state index in [4.69, 9.17) is 9.47 Å². The maximum atomic E-state index is 12.1. The third-order valence-electron chi connectivity index (χ3n) is 3.62. The van der Waals surface area contributed by atoms with Crippen molar-refractivity contribution in [2.24, 2.45) is 0 Å². The molecule has 0 heterocycles. The van der Waals surface area contributed by atoms with Crippen LogP contribution in [0.25, 0.3) is 0 Å². The predicted molar refractivity (Wildman–Crippen MR) is 92.4 cm³/mol. The van der Waals surface area contributed by atoms with Gasteiger partial charge in [0, 0.05) is 5.69 Å². The van der Waals surface area contributed by atoms with Crippen LogP contribution >= 0.6 is 0 Å². The Hall–Kier alpha value is -2.82. The maximum Gasteiger partial charge on any atom is 0.342 e. The SMILES string of the molecule is CCOc1ccccc1C(=O)OCC(=O)Nc1cccc(C)c1C. The van der Waals surface area contributed by atoms with E-state index in [-0.39, 0.29) is 12.5 Å². The summed E-state index contributed by atoms with van der Waals surface area (Å²) < 4.78 is 10.5. The molecule has 0 saturated carbocycles. The van der Waals surface area contributed by atoms with E-state index >= 15 is 0 Å². The molecular formula is C19H21NO4. The fraction of sp³-hybridized carbons (Fsp3) is 0.263. The minimum Gasteiger partial charge on any atom is -0.493 e. The number of benzene rings is 2. The Balaban J connectivity index is 1.97. The van der Waals surface area contributed by atoms with Gasteiger partial charge in [0.2, 0.25) is 0 Å². The summed E-state index contributed by atoms with van der Waals surface area (Å²) in [5, 5.41) is 2.75. The van der Waals surface area contributed by atoms with Crippen LogP contribution < -0.4 is 10.1 Å². The summed E-state index contributed by atoms with van der Waals surface area (Å²) in [6.45, 7) is 5.81.